The zero-order chi connectivity index (χ0) is 7.84. The highest BCUT2D eigenvalue weighted by molar-refractivity contribution is 5.38. The van der Waals surface area contributed by atoms with Gasteiger partial charge in [-0.05, 0) is 19.0 Å². The first-order valence-electron chi connectivity index (χ1n) is 3.68. The number of imidazole rings is 1. The van der Waals surface area contributed by atoms with E-state index in [1.807, 2.05) is 29.8 Å². The number of aromatic nitrogens is 2. The van der Waals surface area contributed by atoms with E-state index in [1.54, 1.807) is 6.07 Å². The summed E-state index contributed by atoms with van der Waals surface area (Å²) in [7, 11) is 0. The van der Waals surface area contributed by atoms with Gasteiger partial charge in [-0.1, -0.05) is 6.07 Å². The summed E-state index contributed by atoms with van der Waals surface area (Å²) >= 11 is 0. The SMILES string of the molecule is [2H]c1cccn2cc(C)nc12. The van der Waals surface area contributed by atoms with Crippen molar-refractivity contribution in [1.82, 2.24) is 9.38 Å². The van der Waals surface area contributed by atoms with E-state index in [-0.39, 0.29) is 0 Å². The molecule has 2 heteroatoms. The lowest BCUT2D eigenvalue weighted by atomic mass is 10.5. The lowest BCUT2D eigenvalue weighted by molar-refractivity contribution is 1.18. The van der Waals surface area contributed by atoms with Gasteiger partial charge in [-0.25, -0.2) is 4.98 Å². The molecule has 0 saturated heterocycles. The third kappa shape index (κ3) is 0.692. The first kappa shape index (κ1) is 4.50. The van der Waals surface area contributed by atoms with Crippen molar-refractivity contribution in [2.24, 2.45) is 0 Å². The molecule has 2 rings (SSSR count). The number of hydrogen-bond donors (Lipinski definition) is 0. The van der Waals surface area contributed by atoms with Crippen molar-refractivity contribution in [3.8, 4) is 0 Å². The first-order valence-corrected chi connectivity index (χ1v) is 3.18. The maximum absolute atomic E-state index is 7.49. The average Bonchev–Trinajstić information content (AvgIpc) is 2.31. The number of fused-ring (bicyclic) bond motifs is 1. The van der Waals surface area contributed by atoms with Crippen LogP contribution in [0.3, 0.4) is 0 Å². The van der Waals surface area contributed by atoms with E-state index in [1.165, 1.54) is 0 Å². The van der Waals surface area contributed by atoms with Crippen LogP contribution in [0.15, 0.2) is 30.6 Å². The Hall–Kier alpha value is -1.31. The highest BCUT2D eigenvalue weighted by Crippen LogP contribution is 2.01. The van der Waals surface area contributed by atoms with E-state index in [2.05, 4.69) is 4.98 Å². The smallest absolute Gasteiger partial charge is 0.136 e. The Kier molecular flexibility index (Phi) is 0.826. The van der Waals surface area contributed by atoms with Gasteiger partial charge in [-0.3, -0.25) is 0 Å². The van der Waals surface area contributed by atoms with Gasteiger partial charge in [0, 0.05) is 12.4 Å². The fourth-order valence-corrected chi connectivity index (χ4v) is 0.995. The monoisotopic (exact) mass is 133 g/mol. The topological polar surface area (TPSA) is 17.3 Å². The summed E-state index contributed by atoms with van der Waals surface area (Å²) in [5, 5.41) is 0. The molecule has 0 fully saturated rings. The third-order valence-electron chi connectivity index (χ3n) is 1.41. The molecule has 2 heterocycles. The van der Waals surface area contributed by atoms with E-state index in [0.717, 1.165) is 11.3 Å². The van der Waals surface area contributed by atoms with Crippen LogP contribution in [0.25, 0.3) is 5.65 Å². The zero-order valence-corrected chi connectivity index (χ0v) is 5.70. The molecule has 0 aliphatic rings. The Morgan fingerprint density at radius 1 is 1.60 bits per heavy atom. The molecule has 2 aromatic heterocycles. The van der Waals surface area contributed by atoms with Crippen molar-refractivity contribution >= 4 is 5.65 Å². The van der Waals surface area contributed by atoms with Crippen LogP contribution in [0.5, 0.6) is 0 Å². The van der Waals surface area contributed by atoms with Crippen LogP contribution in [0, 0.1) is 6.92 Å². The zero-order valence-electron chi connectivity index (χ0n) is 6.70. The first-order chi connectivity index (χ1) is 5.27. The van der Waals surface area contributed by atoms with Crippen LogP contribution in [0.2, 0.25) is 0 Å². The second-order valence-corrected chi connectivity index (χ2v) is 2.27. The summed E-state index contributed by atoms with van der Waals surface area (Å²) in [5.41, 5.74) is 1.68. The molecule has 0 spiro atoms. The third-order valence-corrected chi connectivity index (χ3v) is 1.41. The summed E-state index contributed by atoms with van der Waals surface area (Å²) < 4.78 is 9.35. The number of pyridine rings is 1. The van der Waals surface area contributed by atoms with E-state index < -0.39 is 0 Å². The molecule has 0 aliphatic heterocycles. The highest BCUT2D eigenvalue weighted by Gasteiger charge is 1.92. The lowest BCUT2D eigenvalue weighted by Gasteiger charge is -1.86. The molecule has 50 valence electrons. The van der Waals surface area contributed by atoms with Crippen LogP contribution in [0.1, 0.15) is 7.06 Å². The minimum Gasteiger partial charge on any atom is -0.307 e. The predicted octanol–water partition coefficient (Wildman–Crippen LogP) is 1.64. The summed E-state index contributed by atoms with van der Waals surface area (Å²) in [5.74, 6) is 0. The lowest BCUT2D eigenvalue weighted by Crippen LogP contribution is -1.77. The van der Waals surface area contributed by atoms with Crippen molar-refractivity contribution in [3.63, 3.8) is 0 Å². The van der Waals surface area contributed by atoms with Crippen molar-refractivity contribution in [2.45, 2.75) is 6.92 Å². The van der Waals surface area contributed by atoms with Gasteiger partial charge in [0.2, 0.25) is 0 Å². The molecule has 2 aromatic rings. The molecule has 0 aliphatic carbocycles. The van der Waals surface area contributed by atoms with Gasteiger partial charge >= 0.3 is 0 Å². The molecule has 0 unspecified atom stereocenters. The van der Waals surface area contributed by atoms with Crippen LogP contribution >= 0.6 is 0 Å². The summed E-state index contributed by atoms with van der Waals surface area (Å²) in [6.45, 7) is 1.92. The van der Waals surface area contributed by atoms with Crippen molar-refractivity contribution in [2.75, 3.05) is 0 Å². The van der Waals surface area contributed by atoms with Gasteiger partial charge in [0.1, 0.15) is 5.65 Å². The van der Waals surface area contributed by atoms with Crippen molar-refractivity contribution in [1.29, 1.82) is 0 Å². The van der Waals surface area contributed by atoms with Crippen LogP contribution < -0.4 is 0 Å². The van der Waals surface area contributed by atoms with Crippen molar-refractivity contribution < 1.29 is 1.37 Å². The van der Waals surface area contributed by atoms with Gasteiger partial charge in [0.15, 0.2) is 0 Å². The van der Waals surface area contributed by atoms with Gasteiger partial charge in [-0.15, -0.1) is 0 Å². The highest BCUT2D eigenvalue weighted by atomic mass is 15.0. The average molecular weight is 133 g/mol. The maximum atomic E-state index is 7.49. The molecule has 0 N–H and O–H groups in total. The van der Waals surface area contributed by atoms with Crippen molar-refractivity contribution in [3.05, 3.63) is 36.3 Å². The minimum absolute atomic E-state index is 0.473. The van der Waals surface area contributed by atoms with E-state index in [9.17, 15) is 0 Å². The summed E-state index contributed by atoms with van der Waals surface area (Å²) in [4.78, 5) is 4.19. The largest absolute Gasteiger partial charge is 0.307 e. The standard InChI is InChI=1S/C8H8N2/c1-7-6-10-5-3-2-4-8(10)9-7/h2-6H,1H3/i4D. The van der Waals surface area contributed by atoms with Crippen LogP contribution in [-0.4, -0.2) is 9.38 Å². The second kappa shape index (κ2) is 1.84. The molecule has 0 aromatic carbocycles. The van der Waals surface area contributed by atoms with Crippen LogP contribution in [0.4, 0.5) is 0 Å². The Morgan fingerprint density at radius 2 is 2.50 bits per heavy atom. The van der Waals surface area contributed by atoms with E-state index >= 15 is 0 Å². The molecule has 2 nitrogen and oxygen atoms in total. The normalized spacial score (nSPS) is 11.9. The maximum Gasteiger partial charge on any atom is 0.136 e. The molecule has 0 radical (unpaired) electrons. The Morgan fingerprint density at radius 3 is 3.30 bits per heavy atom. The second-order valence-electron chi connectivity index (χ2n) is 2.27. The Balaban J connectivity index is 2.90. The van der Waals surface area contributed by atoms with Gasteiger partial charge < -0.3 is 4.40 Å². The number of nitrogens with zero attached hydrogens (tertiary/aromatic N) is 2. The summed E-state index contributed by atoms with van der Waals surface area (Å²) in [6, 6.07) is 4.05. The van der Waals surface area contributed by atoms with Gasteiger partial charge in [-0.2, -0.15) is 0 Å². The Bertz CT molecular complexity index is 392. The predicted molar refractivity (Wildman–Crippen MR) is 39.9 cm³/mol. The molecule has 0 bridgehead atoms. The van der Waals surface area contributed by atoms with E-state index in [0.29, 0.717) is 6.04 Å². The fraction of sp³-hybridized carbons (Fsp3) is 0.125. The molecular weight excluding hydrogens is 124 g/mol. The van der Waals surface area contributed by atoms with Crippen LogP contribution in [-0.2, 0) is 0 Å². The molecule has 10 heavy (non-hydrogen) atoms. The molecule has 0 atom stereocenters. The molecule has 0 amide bonds. The van der Waals surface area contributed by atoms with Gasteiger partial charge in [0.05, 0.1) is 7.06 Å². The number of hydrogen-bond acceptors (Lipinski definition) is 1. The molecule has 0 saturated carbocycles. The number of rotatable bonds is 0. The number of aryl methyl sites for hydroxylation is 1. The Labute approximate surface area is 60.5 Å². The molecular formula is C8H8N2. The quantitative estimate of drug-likeness (QED) is 0.534. The fourth-order valence-electron chi connectivity index (χ4n) is 0.995. The van der Waals surface area contributed by atoms with Gasteiger partial charge in [0.25, 0.3) is 0 Å². The minimum atomic E-state index is 0.473. The summed E-state index contributed by atoms with van der Waals surface area (Å²) in [6.07, 6.45) is 3.81. The van der Waals surface area contributed by atoms with E-state index in [4.69, 9.17) is 1.37 Å².